The summed E-state index contributed by atoms with van der Waals surface area (Å²) >= 11 is 0. The largest absolute Gasteiger partial charge is 0.347 e. The van der Waals surface area contributed by atoms with E-state index in [-0.39, 0.29) is 41.4 Å². The molecule has 1 fully saturated rings. The van der Waals surface area contributed by atoms with Crippen molar-refractivity contribution in [2.75, 3.05) is 0 Å². The van der Waals surface area contributed by atoms with Gasteiger partial charge in [0.25, 0.3) is 6.43 Å². The molecular formula is C18H25F2N3O2. The maximum absolute atomic E-state index is 12.7. The number of hydrogen-bond donors (Lipinski definition) is 3. The first kappa shape index (κ1) is 19.3. The molecule has 0 bridgehead atoms. The molecule has 0 saturated carbocycles. The fraction of sp³-hybridized carbons (Fsp3) is 0.556. The van der Waals surface area contributed by atoms with Crippen LogP contribution in [0.25, 0.3) is 0 Å². The summed E-state index contributed by atoms with van der Waals surface area (Å²) in [5.74, 6) is -0.459. The lowest BCUT2D eigenvalue weighted by Gasteiger charge is -2.35. The molecule has 3 N–H and O–H groups in total. The summed E-state index contributed by atoms with van der Waals surface area (Å²) in [7, 11) is 0. The highest BCUT2D eigenvalue weighted by Crippen LogP contribution is 2.33. The minimum Gasteiger partial charge on any atom is -0.347 e. The van der Waals surface area contributed by atoms with Gasteiger partial charge in [-0.2, -0.15) is 0 Å². The van der Waals surface area contributed by atoms with E-state index < -0.39 is 12.5 Å². The number of nitrogens with one attached hydrogen (secondary N) is 3. The van der Waals surface area contributed by atoms with Crippen molar-refractivity contribution in [3.63, 3.8) is 0 Å². The normalized spacial score (nSPS) is 22.4. The summed E-state index contributed by atoms with van der Waals surface area (Å²) in [6, 6.07) is 4.99. The van der Waals surface area contributed by atoms with Gasteiger partial charge in [0, 0.05) is 5.56 Å². The molecule has 1 aliphatic heterocycles. The Morgan fingerprint density at radius 3 is 2.24 bits per heavy atom. The number of amides is 2. The second-order valence-corrected chi connectivity index (χ2v) is 7.49. The molecule has 2 amide bonds. The Morgan fingerprint density at radius 2 is 1.76 bits per heavy atom. The van der Waals surface area contributed by atoms with E-state index in [0.717, 1.165) is 5.56 Å². The summed E-state index contributed by atoms with van der Waals surface area (Å²) in [4.78, 5) is 24.3. The first-order valence-corrected chi connectivity index (χ1v) is 8.31. The van der Waals surface area contributed by atoms with Crippen LogP contribution in [0.15, 0.2) is 24.3 Å². The molecule has 1 heterocycles. The van der Waals surface area contributed by atoms with Crippen LogP contribution in [-0.2, 0) is 9.59 Å². The number of halogens is 2. The van der Waals surface area contributed by atoms with Crippen LogP contribution in [0.3, 0.4) is 0 Å². The predicted octanol–water partition coefficient (Wildman–Crippen LogP) is 2.65. The zero-order valence-corrected chi connectivity index (χ0v) is 14.9. The second kappa shape index (κ2) is 7.47. The number of carbonyl (C=O) groups excluding carboxylic acids is 2. The molecule has 0 aliphatic carbocycles. The van der Waals surface area contributed by atoms with Gasteiger partial charge in [-0.1, -0.05) is 45.0 Å². The molecule has 0 spiro atoms. The Kier molecular flexibility index (Phi) is 5.77. The van der Waals surface area contributed by atoms with Crippen molar-refractivity contribution in [1.29, 1.82) is 0 Å². The first-order valence-electron chi connectivity index (χ1n) is 8.31. The highest BCUT2D eigenvalue weighted by molar-refractivity contribution is 5.89. The molecule has 3 atom stereocenters. The summed E-state index contributed by atoms with van der Waals surface area (Å²) in [5.41, 5.74) is 0.366. The van der Waals surface area contributed by atoms with Crippen molar-refractivity contribution in [2.24, 2.45) is 5.41 Å². The Bertz CT molecular complexity index is 626. The van der Waals surface area contributed by atoms with Gasteiger partial charge in [0.1, 0.15) is 0 Å². The molecule has 1 aliphatic rings. The quantitative estimate of drug-likeness (QED) is 0.779. The Labute approximate surface area is 146 Å². The van der Waals surface area contributed by atoms with E-state index in [1.54, 1.807) is 19.1 Å². The molecule has 0 aromatic heterocycles. The van der Waals surface area contributed by atoms with Crippen LogP contribution in [0.5, 0.6) is 0 Å². The van der Waals surface area contributed by atoms with E-state index in [9.17, 15) is 18.4 Å². The molecule has 2 unspecified atom stereocenters. The number of benzene rings is 1. The number of alkyl halides is 2. The molecule has 0 radical (unpaired) electrons. The minimum atomic E-state index is -2.52. The van der Waals surface area contributed by atoms with Crippen molar-refractivity contribution in [3.05, 3.63) is 35.4 Å². The van der Waals surface area contributed by atoms with Gasteiger partial charge in [-0.15, -0.1) is 0 Å². The Balaban J connectivity index is 2.18. The molecule has 1 saturated heterocycles. The van der Waals surface area contributed by atoms with Crippen LogP contribution in [0.2, 0.25) is 0 Å². The SMILES string of the molecule is CC1NC(=O)CC(C(=O)N[C@@H](c2ccc(C(F)F)cc2)C(C)(C)C)N1. The minimum absolute atomic E-state index is 0.0535. The van der Waals surface area contributed by atoms with Crippen molar-refractivity contribution in [2.45, 2.75) is 58.8 Å². The Morgan fingerprint density at radius 1 is 1.20 bits per heavy atom. The highest BCUT2D eigenvalue weighted by atomic mass is 19.3. The third-order valence-corrected chi connectivity index (χ3v) is 4.21. The Hall–Kier alpha value is -2.02. The number of rotatable bonds is 4. The van der Waals surface area contributed by atoms with E-state index in [2.05, 4.69) is 16.0 Å². The smallest absolute Gasteiger partial charge is 0.263 e. The van der Waals surface area contributed by atoms with E-state index in [4.69, 9.17) is 0 Å². The van der Waals surface area contributed by atoms with Crippen molar-refractivity contribution in [3.8, 4) is 0 Å². The zero-order valence-electron chi connectivity index (χ0n) is 14.9. The summed E-state index contributed by atoms with van der Waals surface area (Å²) in [5, 5.41) is 8.69. The van der Waals surface area contributed by atoms with Gasteiger partial charge >= 0.3 is 0 Å². The van der Waals surface area contributed by atoms with Crippen LogP contribution in [0, 0.1) is 5.41 Å². The van der Waals surface area contributed by atoms with E-state index >= 15 is 0 Å². The maximum Gasteiger partial charge on any atom is 0.263 e. The van der Waals surface area contributed by atoms with E-state index in [1.165, 1.54) is 12.1 Å². The average Bonchev–Trinajstić information content (AvgIpc) is 2.50. The molecule has 5 nitrogen and oxygen atoms in total. The van der Waals surface area contributed by atoms with Crippen molar-refractivity contribution < 1.29 is 18.4 Å². The molecule has 1 aromatic carbocycles. The van der Waals surface area contributed by atoms with Gasteiger partial charge in [0.2, 0.25) is 11.8 Å². The molecule has 138 valence electrons. The van der Waals surface area contributed by atoms with Crippen molar-refractivity contribution in [1.82, 2.24) is 16.0 Å². The highest BCUT2D eigenvalue weighted by Gasteiger charge is 2.33. The zero-order chi connectivity index (χ0) is 18.8. The number of hydrogen-bond acceptors (Lipinski definition) is 3. The van der Waals surface area contributed by atoms with Crippen LogP contribution < -0.4 is 16.0 Å². The van der Waals surface area contributed by atoms with Crippen LogP contribution in [-0.4, -0.2) is 24.0 Å². The van der Waals surface area contributed by atoms with Gasteiger partial charge in [-0.3, -0.25) is 14.9 Å². The fourth-order valence-corrected chi connectivity index (χ4v) is 2.93. The molecule has 2 rings (SSSR count). The molecular weight excluding hydrogens is 328 g/mol. The molecule has 25 heavy (non-hydrogen) atoms. The predicted molar refractivity (Wildman–Crippen MR) is 90.9 cm³/mol. The van der Waals surface area contributed by atoms with E-state index in [1.807, 2.05) is 20.8 Å². The van der Waals surface area contributed by atoms with Gasteiger partial charge < -0.3 is 10.6 Å². The van der Waals surface area contributed by atoms with Gasteiger partial charge in [-0.05, 0) is 17.9 Å². The maximum atomic E-state index is 12.7. The van der Waals surface area contributed by atoms with Crippen LogP contribution in [0.1, 0.15) is 57.7 Å². The van der Waals surface area contributed by atoms with Crippen LogP contribution >= 0.6 is 0 Å². The standard InChI is InChI=1S/C18H25F2N3O2/c1-10-21-13(9-14(24)22-10)17(25)23-15(18(2,3)4)11-5-7-12(8-6-11)16(19)20/h5-8,10,13,15-16,21H,9H2,1-4H3,(H,22,24)(H,23,25)/t10?,13?,15-/m0/s1. The lowest BCUT2D eigenvalue weighted by molar-refractivity contribution is -0.132. The van der Waals surface area contributed by atoms with Gasteiger partial charge in [-0.25, -0.2) is 8.78 Å². The third kappa shape index (κ3) is 4.98. The molecule has 7 heteroatoms. The summed E-state index contributed by atoms with van der Waals surface area (Å²) in [6.45, 7) is 7.65. The lowest BCUT2D eigenvalue weighted by Crippen LogP contribution is -2.60. The summed E-state index contributed by atoms with van der Waals surface area (Å²) in [6.07, 6.45) is -2.74. The third-order valence-electron chi connectivity index (χ3n) is 4.21. The molecule has 1 aromatic rings. The van der Waals surface area contributed by atoms with E-state index in [0.29, 0.717) is 0 Å². The van der Waals surface area contributed by atoms with Gasteiger partial charge in [0.05, 0.1) is 24.7 Å². The summed E-state index contributed by atoms with van der Waals surface area (Å²) < 4.78 is 25.5. The number of carbonyl (C=O) groups is 2. The van der Waals surface area contributed by atoms with Crippen molar-refractivity contribution >= 4 is 11.8 Å². The first-order chi connectivity index (χ1) is 11.6. The second-order valence-electron chi connectivity index (χ2n) is 7.49. The van der Waals surface area contributed by atoms with Crippen LogP contribution in [0.4, 0.5) is 8.78 Å². The lowest BCUT2D eigenvalue weighted by atomic mass is 9.82. The monoisotopic (exact) mass is 353 g/mol. The fourth-order valence-electron chi connectivity index (χ4n) is 2.93. The average molecular weight is 353 g/mol. The topological polar surface area (TPSA) is 70.2 Å². The van der Waals surface area contributed by atoms with Gasteiger partial charge in [0.15, 0.2) is 0 Å².